The molecule has 0 bridgehead atoms. The van der Waals surface area contributed by atoms with Crippen molar-refractivity contribution in [3.05, 3.63) is 47.7 Å². The summed E-state index contributed by atoms with van der Waals surface area (Å²) in [5.74, 6) is 0.369. The molecule has 30 heavy (non-hydrogen) atoms. The number of carbonyl (C=O) groups excluding carboxylic acids is 1. The summed E-state index contributed by atoms with van der Waals surface area (Å²) in [5, 5.41) is 5.89. The molecule has 1 fully saturated rings. The average Bonchev–Trinajstić information content (AvgIpc) is 3.35. The molecule has 1 aromatic carbocycles. The number of ether oxygens (including phenoxy) is 2. The van der Waals surface area contributed by atoms with Gasteiger partial charge >= 0.3 is 6.09 Å². The number of benzene rings is 1. The van der Waals surface area contributed by atoms with Crippen molar-refractivity contribution >= 4 is 17.1 Å². The van der Waals surface area contributed by atoms with E-state index in [4.69, 9.17) is 19.6 Å². The first-order chi connectivity index (χ1) is 14.4. The second-order valence-corrected chi connectivity index (χ2v) is 9.05. The highest BCUT2D eigenvalue weighted by Gasteiger charge is 2.32. The molecule has 4 heterocycles. The molecule has 1 atom stereocenters. The van der Waals surface area contributed by atoms with Crippen LogP contribution in [-0.2, 0) is 16.7 Å². The summed E-state index contributed by atoms with van der Waals surface area (Å²) in [4.78, 5) is 19.0. The number of rotatable bonds is 3. The van der Waals surface area contributed by atoms with Gasteiger partial charge in [0.15, 0.2) is 5.65 Å². The van der Waals surface area contributed by atoms with Crippen LogP contribution in [0, 0.1) is 0 Å². The minimum Gasteiger partial charge on any atom is -0.391 e. The van der Waals surface area contributed by atoms with Crippen LogP contribution in [0.2, 0.25) is 0 Å². The average molecular weight is 406 g/mol. The fraction of sp³-hybridized carbons (Fsp3) is 0.435. The number of hydrogen-bond acceptors (Lipinski definition) is 5. The molecular formula is C23H26N4O3. The monoisotopic (exact) mass is 406 g/mol. The number of nitrogens with zero attached hydrogens (tertiary/aromatic N) is 4. The highest BCUT2D eigenvalue weighted by molar-refractivity contribution is 5.84. The fourth-order valence-corrected chi connectivity index (χ4v) is 4.16. The zero-order valence-electron chi connectivity index (χ0n) is 17.6. The fourth-order valence-electron chi connectivity index (χ4n) is 4.16. The molecule has 0 N–H and O–H groups in total. The Balaban J connectivity index is 1.59. The van der Waals surface area contributed by atoms with Gasteiger partial charge in [-0.25, -0.2) is 9.48 Å². The van der Waals surface area contributed by atoms with E-state index in [0.29, 0.717) is 24.6 Å². The molecule has 1 amide bonds. The summed E-state index contributed by atoms with van der Waals surface area (Å²) >= 11 is 0. The lowest BCUT2D eigenvalue weighted by atomic mass is 9.90. The normalized spacial score (nSPS) is 19.2. The minimum absolute atomic E-state index is 0.0850. The molecule has 0 unspecified atom stereocenters. The Labute approximate surface area is 175 Å². The van der Waals surface area contributed by atoms with E-state index in [1.54, 1.807) is 4.90 Å². The molecule has 2 aliphatic rings. The van der Waals surface area contributed by atoms with Gasteiger partial charge in [0.2, 0.25) is 5.88 Å². The molecule has 3 aromatic rings. The van der Waals surface area contributed by atoms with Crippen molar-refractivity contribution in [1.82, 2.24) is 19.7 Å². The van der Waals surface area contributed by atoms with E-state index in [0.717, 1.165) is 41.8 Å². The highest BCUT2D eigenvalue weighted by atomic mass is 16.6. The van der Waals surface area contributed by atoms with Gasteiger partial charge < -0.3 is 14.4 Å². The second kappa shape index (κ2) is 7.09. The van der Waals surface area contributed by atoms with Crippen LogP contribution in [0.1, 0.15) is 44.9 Å². The van der Waals surface area contributed by atoms with Gasteiger partial charge in [0.25, 0.3) is 0 Å². The van der Waals surface area contributed by atoms with Crippen LogP contribution in [-0.4, -0.2) is 45.0 Å². The predicted molar refractivity (Wildman–Crippen MR) is 113 cm³/mol. The van der Waals surface area contributed by atoms with Crippen molar-refractivity contribution in [2.24, 2.45) is 0 Å². The van der Waals surface area contributed by atoms with Crippen LogP contribution < -0.4 is 4.74 Å². The molecular weight excluding hydrogens is 380 g/mol. The lowest BCUT2D eigenvalue weighted by molar-refractivity contribution is 0.0641. The van der Waals surface area contributed by atoms with Crippen molar-refractivity contribution in [2.45, 2.75) is 51.7 Å². The van der Waals surface area contributed by atoms with Gasteiger partial charge in [-0.15, -0.1) is 0 Å². The smallest absolute Gasteiger partial charge is 0.391 e. The lowest BCUT2D eigenvalue weighted by Gasteiger charge is -2.29. The topological polar surface area (TPSA) is 69.5 Å². The van der Waals surface area contributed by atoms with Gasteiger partial charge in [0, 0.05) is 23.0 Å². The summed E-state index contributed by atoms with van der Waals surface area (Å²) in [5.41, 5.74) is 3.34. The van der Waals surface area contributed by atoms with Crippen LogP contribution in [0.5, 0.6) is 5.88 Å². The molecule has 7 nitrogen and oxygen atoms in total. The predicted octanol–water partition coefficient (Wildman–Crippen LogP) is 4.21. The van der Waals surface area contributed by atoms with Gasteiger partial charge in [-0.2, -0.15) is 10.1 Å². The molecule has 5 rings (SSSR count). The van der Waals surface area contributed by atoms with Gasteiger partial charge in [-0.1, -0.05) is 39.0 Å². The molecule has 1 saturated heterocycles. The van der Waals surface area contributed by atoms with Crippen LogP contribution in [0.15, 0.2) is 36.4 Å². The first-order valence-corrected chi connectivity index (χ1v) is 10.5. The maximum Gasteiger partial charge on any atom is 0.416 e. The Morgan fingerprint density at radius 1 is 1.20 bits per heavy atom. The van der Waals surface area contributed by atoms with E-state index >= 15 is 0 Å². The third-order valence-electron chi connectivity index (χ3n) is 5.66. The lowest BCUT2D eigenvalue weighted by Crippen LogP contribution is -2.41. The molecule has 0 radical (unpaired) electrons. The van der Waals surface area contributed by atoms with E-state index in [9.17, 15) is 4.79 Å². The second-order valence-electron chi connectivity index (χ2n) is 9.05. The van der Waals surface area contributed by atoms with Crippen molar-refractivity contribution in [2.75, 3.05) is 13.2 Å². The molecule has 2 aliphatic heterocycles. The molecule has 2 aromatic heterocycles. The number of pyridine rings is 1. The molecule has 156 valence electrons. The highest BCUT2D eigenvalue weighted by Crippen LogP contribution is 2.35. The minimum atomic E-state index is -0.369. The van der Waals surface area contributed by atoms with Crippen LogP contribution >= 0.6 is 0 Å². The number of fused-ring (bicyclic) bond motifs is 2. The largest absolute Gasteiger partial charge is 0.416 e. The number of aromatic nitrogens is 3. The van der Waals surface area contributed by atoms with Crippen molar-refractivity contribution in [1.29, 1.82) is 0 Å². The quantitative estimate of drug-likeness (QED) is 0.652. The van der Waals surface area contributed by atoms with Gasteiger partial charge in [-0.05, 0) is 31.0 Å². The Bertz CT molecular complexity index is 1100. The van der Waals surface area contributed by atoms with Crippen LogP contribution in [0.25, 0.3) is 16.7 Å². The number of para-hydroxylation sites is 1. The maximum absolute atomic E-state index is 12.6. The van der Waals surface area contributed by atoms with Gasteiger partial charge in [0.1, 0.15) is 0 Å². The summed E-state index contributed by atoms with van der Waals surface area (Å²) < 4.78 is 13.2. The Kier molecular flexibility index (Phi) is 4.50. The van der Waals surface area contributed by atoms with E-state index in [2.05, 4.69) is 26.8 Å². The van der Waals surface area contributed by atoms with E-state index in [1.165, 1.54) is 0 Å². The van der Waals surface area contributed by atoms with Crippen LogP contribution in [0.4, 0.5) is 4.79 Å². The number of amides is 1. The summed E-state index contributed by atoms with van der Waals surface area (Å²) in [7, 11) is 0. The standard InChI is InChI=1S/C23H26N4O3/c1-23(2,3)19-18-12-15-13-26(14-17-10-7-11-29-17)22(28)30-21(15)24-20(18)27(25-19)16-8-5-4-6-9-16/h4-6,8-9,12,17H,7,10-11,13-14H2,1-3H3/t17-/m0/s1. The van der Waals surface area contributed by atoms with E-state index in [-0.39, 0.29) is 17.6 Å². The molecule has 0 spiro atoms. The molecule has 0 aliphatic carbocycles. The third-order valence-corrected chi connectivity index (χ3v) is 5.66. The van der Waals surface area contributed by atoms with Crippen molar-refractivity contribution in [3.8, 4) is 11.6 Å². The summed E-state index contributed by atoms with van der Waals surface area (Å²) in [6, 6.07) is 12.0. The first kappa shape index (κ1) is 19.1. The SMILES string of the molecule is CC(C)(C)c1nn(-c2ccccc2)c2nc3c(cc12)CN(C[C@@H]1CCCO1)C(=O)O3. The van der Waals surface area contributed by atoms with E-state index in [1.807, 2.05) is 35.0 Å². The van der Waals surface area contributed by atoms with Crippen molar-refractivity contribution in [3.63, 3.8) is 0 Å². The zero-order chi connectivity index (χ0) is 20.9. The van der Waals surface area contributed by atoms with Gasteiger partial charge in [-0.3, -0.25) is 0 Å². The molecule has 7 heteroatoms. The zero-order valence-corrected chi connectivity index (χ0v) is 17.6. The first-order valence-electron chi connectivity index (χ1n) is 10.5. The van der Waals surface area contributed by atoms with Crippen LogP contribution in [0.3, 0.4) is 0 Å². The maximum atomic E-state index is 12.6. The summed E-state index contributed by atoms with van der Waals surface area (Å²) in [6.45, 7) is 8.22. The van der Waals surface area contributed by atoms with Crippen molar-refractivity contribution < 1.29 is 14.3 Å². The van der Waals surface area contributed by atoms with E-state index < -0.39 is 0 Å². The molecule has 0 saturated carbocycles. The number of carbonyl (C=O) groups is 1. The Hall–Kier alpha value is -2.93. The van der Waals surface area contributed by atoms with Gasteiger partial charge in [0.05, 0.1) is 30.6 Å². The third kappa shape index (κ3) is 3.33. The summed E-state index contributed by atoms with van der Waals surface area (Å²) in [6.07, 6.45) is 1.74. The Morgan fingerprint density at radius 2 is 2.00 bits per heavy atom. The Morgan fingerprint density at radius 3 is 2.70 bits per heavy atom. The number of hydrogen-bond donors (Lipinski definition) is 0.